The third-order valence-corrected chi connectivity index (χ3v) is 5.72. The van der Waals surface area contributed by atoms with Crippen molar-refractivity contribution in [1.29, 1.82) is 0 Å². The number of aryl methyl sites for hydroxylation is 1. The Kier molecular flexibility index (Phi) is 5.43. The summed E-state index contributed by atoms with van der Waals surface area (Å²) in [6.45, 7) is 3.57. The highest BCUT2D eigenvalue weighted by Crippen LogP contribution is 2.26. The van der Waals surface area contributed by atoms with E-state index in [0.29, 0.717) is 33.5 Å². The fraction of sp³-hybridized carbons (Fsp3) is 0.154. The van der Waals surface area contributed by atoms with Crippen molar-refractivity contribution in [2.24, 2.45) is 0 Å². The molecule has 0 aliphatic rings. The number of hydrogen-bond acceptors (Lipinski definition) is 7. The minimum Gasteiger partial charge on any atom is -0.506 e. The van der Waals surface area contributed by atoms with Gasteiger partial charge in [0, 0.05) is 5.69 Å². The van der Waals surface area contributed by atoms with Gasteiger partial charge in [-0.1, -0.05) is 36.3 Å². The monoisotopic (exact) mass is 466 g/mol. The number of benzene rings is 2. The molecule has 5 rings (SSSR count). The molecule has 9 heteroatoms. The molecule has 0 aliphatic heterocycles. The number of pyridine rings is 1. The van der Waals surface area contributed by atoms with Gasteiger partial charge in [0.05, 0.1) is 23.0 Å². The van der Waals surface area contributed by atoms with Gasteiger partial charge in [0.15, 0.2) is 5.65 Å². The maximum Gasteiger partial charge on any atom is 0.263 e. The first-order valence-electron chi connectivity index (χ1n) is 10.9. The second-order valence-electron chi connectivity index (χ2n) is 8.21. The molecule has 0 saturated heterocycles. The van der Waals surface area contributed by atoms with Crippen LogP contribution in [0.5, 0.6) is 5.75 Å². The Labute approximate surface area is 200 Å². The molecule has 35 heavy (non-hydrogen) atoms. The van der Waals surface area contributed by atoms with Crippen LogP contribution >= 0.6 is 0 Å². The lowest BCUT2D eigenvalue weighted by molar-refractivity contribution is 0.253. The molecule has 4 N–H and O–H groups in total. The SMILES string of the molecule is Cc1cccc2cc(Cn3nc(C#CC(C)O)c4c(N)ncnc43)n(-c3ccccc3O)c(=O)c12. The van der Waals surface area contributed by atoms with Gasteiger partial charge in [-0.25, -0.2) is 14.6 Å². The number of nitrogen functional groups attached to an aromatic ring is 1. The van der Waals surface area contributed by atoms with Crippen molar-refractivity contribution in [2.75, 3.05) is 5.73 Å². The summed E-state index contributed by atoms with van der Waals surface area (Å²) >= 11 is 0. The highest BCUT2D eigenvalue weighted by Gasteiger charge is 2.19. The number of phenols is 1. The van der Waals surface area contributed by atoms with Crippen molar-refractivity contribution < 1.29 is 10.2 Å². The standard InChI is InChI=1S/C26H22N6O3/c1-15-6-5-7-17-12-18(32(26(35)22(15)17)20-8-3-4-9-21(20)34)13-31-25-23(24(27)28-14-29-25)19(30-31)11-10-16(2)33/h3-9,12,14,16,33-34H,13H2,1-2H3,(H2,27,28,29). The fourth-order valence-corrected chi connectivity index (χ4v) is 4.18. The minimum absolute atomic E-state index is 0.0239. The Morgan fingerprint density at radius 1 is 1.11 bits per heavy atom. The summed E-state index contributed by atoms with van der Waals surface area (Å²) in [5.41, 5.74) is 8.39. The normalized spacial score (nSPS) is 12.0. The predicted octanol–water partition coefficient (Wildman–Crippen LogP) is 2.51. The zero-order chi connectivity index (χ0) is 24.7. The number of para-hydroxylation sites is 2. The van der Waals surface area contributed by atoms with Crippen molar-refractivity contribution in [1.82, 2.24) is 24.3 Å². The topological polar surface area (TPSA) is 132 Å². The van der Waals surface area contributed by atoms with E-state index in [9.17, 15) is 15.0 Å². The number of aliphatic hydroxyl groups excluding tert-OH is 1. The van der Waals surface area contributed by atoms with E-state index in [1.807, 2.05) is 31.2 Å². The van der Waals surface area contributed by atoms with Gasteiger partial charge in [-0.3, -0.25) is 9.36 Å². The summed E-state index contributed by atoms with van der Waals surface area (Å²) in [4.78, 5) is 22.1. The zero-order valence-electron chi connectivity index (χ0n) is 19.1. The summed E-state index contributed by atoms with van der Waals surface area (Å²) in [7, 11) is 0. The molecule has 0 radical (unpaired) electrons. The molecular formula is C26H22N6O3. The number of phenolic OH excluding ortho intramolecular Hbond substituents is 1. The molecule has 9 nitrogen and oxygen atoms in total. The summed E-state index contributed by atoms with van der Waals surface area (Å²) < 4.78 is 3.08. The average molecular weight is 467 g/mol. The van der Waals surface area contributed by atoms with Crippen LogP contribution in [0.2, 0.25) is 0 Å². The lowest BCUT2D eigenvalue weighted by Gasteiger charge is -2.17. The number of nitrogens with two attached hydrogens (primary N) is 1. The molecule has 3 aromatic heterocycles. The molecule has 0 aliphatic carbocycles. The first kappa shape index (κ1) is 22.1. The molecule has 0 spiro atoms. The Morgan fingerprint density at radius 3 is 2.69 bits per heavy atom. The summed E-state index contributed by atoms with van der Waals surface area (Å²) in [6, 6.07) is 14.2. The van der Waals surface area contributed by atoms with Crippen LogP contribution in [0.15, 0.2) is 59.7 Å². The van der Waals surface area contributed by atoms with Gasteiger partial charge in [0.25, 0.3) is 5.56 Å². The molecule has 174 valence electrons. The third-order valence-electron chi connectivity index (χ3n) is 5.72. The Bertz CT molecular complexity index is 1720. The van der Waals surface area contributed by atoms with Gasteiger partial charge in [0.1, 0.15) is 29.7 Å². The van der Waals surface area contributed by atoms with Gasteiger partial charge in [-0.15, -0.1) is 0 Å². The lowest BCUT2D eigenvalue weighted by atomic mass is 10.1. The maximum absolute atomic E-state index is 13.7. The van der Waals surface area contributed by atoms with E-state index in [1.165, 1.54) is 17.0 Å². The van der Waals surface area contributed by atoms with Crippen LogP contribution in [0.4, 0.5) is 5.82 Å². The van der Waals surface area contributed by atoms with E-state index < -0.39 is 6.10 Å². The molecular weight excluding hydrogens is 444 g/mol. The van der Waals surface area contributed by atoms with Crippen molar-refractivity contribution in [3.8, 4) is 23.3 Å². The molecule has 1 atom stereocenters. The van der Waals surface area contributed by atoms with E-state index in [1.54, 1.807) is 29.8 Å². The van der Waals surface area contributed by atoms with Gasteiger partial charge < -0.3 is 15.9 Å². The first-order chi connectivity index (χ1) is 16.8. The van der Waals surface area contributed by atoms with Gasteiger partial charge in [-0.2, -0.15) is 5.10 Å². The largest absolute Gasteiger partial charge is 0.506 e. The molecule has 2 aromatic carbocycles. The van der Waals surface area contributed by atoms with Crippen LogP contribution in [0.25, 0.3) is 27.5 Å². The first-order valence-corrected chi connectivity index (χ1v) is 10.9. The average Bonchev–Trinajstić information content (AvgIpc) is 3.17. The number of aromatic hydroxyl groups is 1. The van der Waals surface area contributed by atoms with Gasteiger partial charge in [-0.05, 0) is 48.9 Å². The van der Waals surface area contributed by atoms with Crippen LogP contribution in [0, 0.1) is 18.8 Å². The number of nitrogens with zero attached hydrogens (tertiary/aromatic N) is 5. The number of rotatable bonds is 3. The van der Waals surface area contributed by atoms with Crippen LogP contribution < -0.4 is 11.3 Å². The molecule has 1 unspecified atom stereocenters. The lowest BCUT2D eigenvalue weighted by Crippen LogP contribution is -2.24. The quantitative estimate of drug-likeness (QED) is 0.348. The number of fused-ring (bicyclic) bond motifs is 2. The second kappa shape index (κ2) is 8.59. The second-order valence-corrected chi connectivity index (χ2v) is 8.21. The van der Waals surface area contributed by atoms with E-state index in [0.717, 1.165) is 10.9 Å². The predicted molar refractivity (Wildman–Crippen MR) is 133 cm³/mol. The summed E-state index contributed by atoms with van der Waals surface area (Å²) in [5, 5.41) is 26.6. The van der Waals surface area contributed by atoms with Gasteiger partial charge >= 0.3 is 0 Å². The minimum atomic E-state index is -0.851. The number of anilines is 1. The Hall–Kier alpha value is -4.68. The van der Waals surface area contributed by atoms with Crippen molar-refractivity contribution >= 4 is 27.6 Å². The molecule has 0 bridgehead atoms. The van der Waals surface area contributed by atoms with Crippen molar-refractivity contribution in [3.63, 3.8) is 0 Å². The van der Waals surface area contributed by atoms with Crippen LogP contribution in [0.3, 0.4) is 0 Å². The Balaban J connectivity index is 1.79. The van der Waals surface area contributed by atoms with Gasteiger partial charge in [0.2, 0.25) is 0 Å². The van der Waals surface area contributed by atoms with E-state index in [2.05, 4.69) is 26.9 Å². The summed E-state index contributed by atoms with van der Waals surface area (Å²) in [5.74, 6) is 5.70. The molecule has 5 aromatic rings. The van der Waals surface area contributed by atoms with E-state index in [-0.39, 0.29) is 23.7 Å². The highest BCUT2D eigenvalue weighted by molar-refractivity contribution is 5.90. The maximum atomic E-state index is 13.7. The van der Waals surface area contributed by atoms with Crippen molar-refractivity contribution in [2.45, 2.75) is 26.5 Å². The van der Waals surface area contributed by atoms with E-state index in [4.69, 9.17) is 5.73 Å². The number of aromatic nitrogens is 5. The summed E-state index contributed by atoms with van der Waals surface area (Å²) in [6.07, 6.45) is 0.484. The van der Waals surface area contributed by atoms with E-state index >= 15 is 0 Å². The molecule has 0 amide bonds. The highest BCUT2D eigenvalue weighted by atomic mass is 16.3. The smallest absolute Gasteiger partial charge is 0.263 e. The number of hydrogen-bond donors (Lipinski definition) is 3. The number of aliphatic hydroxyl groups is 1. The third kappa shape index (κ3) is 3.86. The van der Waals surface area contributed by atoms with Crippen LogP contribution in [0.1, 0.15) is 23.9 Å². The molecule has 3 heterocycles. The fourth-order valence-electron chi connectivity index (χ4n) is 4.18. The molecule has 0 fully saturated rings. The zero-order valence-corrected chi connectivity index (χ0v) is 19.1. The van der Waals surface area contributed by atoms with Crippen LogP contribution in [-0.2, 0) is 6.54 Å². The van der Waals surface area contributed by atoms with Crippen molar-refractivity contribution in [3.05, 3.63) is 82.2 Å². The molecule has 0 saturated carbocycles. The van der Waals surface area contributed by atoms with Crippen LogP contribution in [-0.4, -0.2) is 40.6 Å². The Morgan fingerprint density at radius 2 is 1.91 bits per heavy atom.